The van der Waals surface area contributed by atoms with Gasteiger partial charge in [0.1, 0.15) is 36.5 Å². The van der Waals surface area contributed by atoms with Crippen LogP contribution in [0.5, 0.6) is 5.75 Å². The van der Waals surface area contributed by atoms with Crippen LogP contribution in [-0.4, -0.2) is 215 Å². The average Bonchev–Trinajstić information content (AvgIpc) is 3.19. The molecule has 2 rings (SSSR count). The van der Waals surface area contributed by atoms with E-state index in [1.54, 1.807) is 19.6 Å². The average molecular weight is 787 g/mol. The highest BCUT2D eigenvalue weighted by Gasteiger charge is 2.35. The Morgan fingerprint density at radius 2 is 0.982 bits per heavy atom. The molecular formula is C37H62N4O14. The lowest BCUT2D eigenvalue weighted by atomic mass is 10.0. The summed E-state index contributed by atoms with van der Waals surface area (Å²) in [6.07, 6.45) is 1.41. The van der Waals surface area contributed by atoms with Gasteiger partial charge in [-0.1, -0.05) is 12.1 Å². The largest absolute Gasteiger partial charge is 0.491 e. The van der Waals surface area contributed by atoms with Gasteiger partial charge in [0.15, 0.2) is 0 Å². The van der Waals surface area contributed by atoms with Crippen molar-refractivity contribution in [2.24, 2.45) is 0 Å². The van der Waals surface area contributed by atoms with Gasteiger partial charge in [-0.3, -0.25) is 38.8 Å². The molecule has 18 heteroatoms. The summed E-state index contributed by atoms with van der Waals surface area (Å²) in [5, 5.41) is 41.1. The van der Waals surface area contributed by atoms with Crippen LogP contribution in [0.1, 0.15) is 25.3 Å². The topological polar surface area (TPSA) is 218 Å². The lowest BCUT2D eigenvalue weighted by molar-refractivity contribution is -0.153. The van der Waals surface area contributed by atoms with Crippen molar-refractivity contribution in [2.45, 2.75) is 50.4 Å². The van der Waals surface area contributed by atoms with Gasteiger partial charge >= 0.3 is 23.9 Å². The van der Waals surface area contributed by atoms with Crippen molar-refractivity contribution in [3.63, 3.8) is 0 Å². The summed E-state index contributed by atoms with van der Waals surface area (Å²) in [5.74, 6) is -2.43. The Bertz CT molecular complexity index is 1220. The minimum absolute atomic E-state index is 0.109. The molecule has 0 aromatic heterocycles. The minimum atomic E-state index is -1.08. The number of hydrogen-bond donors (Lipinski definition) is 4. The van der Waals surface area contributed by atoms with Crippen molar-refractivity contribution in [2.75, 3.05) is 127 Å². The number of carboxylic acid groups (broad SMARTS) is 1. The number of carboxylic acids is 1. The van der Waals surface area contributed by atoms with Crippen LogP contribution >= 0.6 is 0 Å². The lowest BCUT2D eigenvalue weighted by Crippen LogP contribution is -2.57. The van der Waals surface area contributed by atoms with E-state index in [9.17, 15) is 39.6 Å². The highest BCUT2D eigenvalue weighted by molar-refractivity contribution is 5.77. The Morgan fingerprint density at radius 1 is 0.600 bits per heavy atom. The Hall–Kier alpha value is -3.46. The molecule has 314 valence electrons. The third-order valence-electron chi connectivity index (χ3n) is 9.62. The van der Waals surface area contributed by atoms with E-state index >= 15 is 0 Å². The zero-order valence-electron chi connectivity index (χ0n) is 32.7. The van der Waals surface area contributed by atoms with Gasteiger partial charge in [-0.2, -0.15) is 0 Å². The number of aliphatic hydroxyl groups excluding tert-OH is 3. The monoisotopic (exact) mass is 786 g/mol. The highest BCUT2D eigenvalue weighted by Crippen LogP contribution is 2.18. The summed E-state index contributed by atoms with van der Waals surface area (Å²) >= 11 is 0. The lowest BCUT2D eigenvalue weighted by Gasteiger charge is -2.39. The number of ether oxygens (including phenoxy) is 6. The number of rotatable bonds is 23. The van der Waals surface area contributed by atoms with E-state index in [4.69, 9.17) is 28.4 Å². The molecule has 1 aromatic carbocycles. The second-order valence-corrected chi connectivity index (χ2v) is 12.9. The van der Waals surface area contributed by atoms with Crippen LogP contribution in [-0.2, 0) is 49.3 Å². The maximum absolute atomic E-state index is 12.9. The number of hydrogen-bond acceptors (Lipinski definition) is 17. The van der Waals surface area contributed by atoms with Gasteiger partial charge in [-0.15, -0.1) is 0 Å². The molecule has 1 aliphatic heterocycles. The fourth-order valence-electron chi connectivity index (χ4n) is 6.44. The minimum Gasteiger partial charge on any atom is -0.491 e. The smallest absolute Gasteiger partial charge is 0.325 e. The number of carbonyl (C=O) groups excluding carboxylic acids is 3. The summed E-state index contributed by atoms with van der Waals surface area (Å²) < 4.78 is 31.3. The van der Waals surface area contributed by atoms with Gasteiger partial charge in [0.05, 0.1) is 61.0 Å². The summed E-state index contributed by atoms with van der Waals surface area (Å²) in [7, 11) is 3.60. The number of carbonyl (C=O) groups is 4. The summed E-state index contributed by atoms with van der Waals surface area (Å²) in [6.45, 7) is 3.66. The molecule has 0 radical (unpaired) electrons. The summed E-state index contributed by atoms with van der Waals surface area (Å²) in [6, 6.07) is 3.37. The highest BCUT2D eigenvalue weighted by atomic mass is 16.5. The fraction of sp³-hybridized carbons (Fsp3) is 0.730. The second kappa shape index (κ2) is 27.2. The molecule has 1 aliphatic rings. The molecule has 55 heavy (non-hydrogen) atoms. The standard InChI is InChI=1S/C37H62N4O14/c1-5-53-21-22-54-23-24-55-29-11-9-28(10-12-29)7-6-8-30(34(45)46)38-13-15-39(31(25-42)35(47)50-2)17-19-41(33(27-44)37(49)52-4)20-18-40(16-14-38)32(26-43)36(48)51-3/h9-12,30-33,42-44H,5-8,13-27H2,1-4H3,(H,45,46)/t30-,31-,32-,33+/m0/s1. The van der Waals surface area contributed by atoms with E-state index in [-0.39, 0.29) is 58.8 Å². The SMILES string of the molecule is CCOCCOCCOc1ccc(CCC[C@@H](C(=O)O)N2CCN([C@@H](CO)C(=O)OC)CCN([C@H](CO)C(=O)OC)CCN([C@@H](CO)C(=O)OC)CC2)cc1. The molecule has 0 saturated carbocycles. The molecule has 0 aliphatic carbocycles. The normalized spacial score (nSPS) is 17.9. The molecule has 4 atom stereocenters. The van der Waals surface area contributed by atoms with E-state index in [1.165, 1.54) is 21.3 Å². The first-order chi connectivity index (χ1) is 26.6. The van der Waals surface area contributed by atoms with E-state index in [0.717, 1.165) is 5.56 Å². The Kier molecular flexibility index (Phi) is 23.6. The van der Waals surface area contributed by atoms with E-state index in [0.29, 0.717) is 51.6 Å². The number of aryl methyl sites for hydroxylation is 1. The third-order valence-corrected chi connectivity index (χ3v) is 9.62. The Morgan fingerprint density at radius 3 is 1.35 bits per heavy atom. The maximum Gasteiger partial charge on any atom is 0.325 e. The van der Waals surface area contributed by atoms with Crippen LogP contribution in [0, 0.1) is 0 Å². The maximum atomic E-state index is 12.9. The number of esters is 3. The molecule has 0 spiro atoms. The van der Waals surface area contributed by atoms with E-state index in [2.05, 4.69) is 0 Å². The van der Waals surface area contributed by atoms with E-state index in [1.807, 2.05) is 31.2 Å². The van der Waals surface area contributed by atoms with E-state index < -0.39 is 67.9 Å². The van der Waals surface area contributed by atoms with Crippen molar-refractivity contribution < 1.29 is 68.0 Å². The molecule has 18 nitrogen and oxygen atoms in total. The number of nitrogens with zero attached hydrogens (tertiary/aromatic N) is 4. The summed E-state index contributed by atoms with van der Waals surface area (Å²) in [5.41, 5.74) is 1.00. The fourth-order valence-corrected chi connectivity index (χ4v) is 6.44. The predicted molar refractivity (Wildman–Crippen MR) is 199 cm³/mol. The molecule has 1 fully saturated rings. The Balaban J connectivity index is 2.29. The first-order valence-electron chi connectivity index (χ1n) is 18.7. The van der Waals surface area contributed by atoms with Gasteiger partial charge in [0.25, 0.3) is 0 Å². The van der Waals surface area contributed by atoms with Crippen LogP contribution < -0.4 is 4.74 Å². The molecule has 1 heterocycles. The number of methoxy groups -OCH3 is 3. The van der Waals surface area contributed by atoms with Crippen LogP contribution in [0.3, 0.4) is 0 Å². The number of benzene rings is 1. The molecule has 0 amide bonds. The van der Waals surface area contributed by atoms with Crippen LogP contribution in [0.4, 0.5) is 0 Å². The summed E-state index contributed by atoms with van der Waals surface area (Å²) in [4.78, 5) is 57.8. The molecule has 0 unspecified atom stereocenters. The van der Waals surface area contributed by atoms with Gasteiger partial charge in [0, 0.05) is 59.0 Å². The number of aliphatic hydroxyl groups is 3. The van der Waals surface area contributed by atoms with Gasteiger partial charge < -0.3 is 48.8 Å². The van der Waals surface area contributed by atoms with Crippen molar-refractivity contribution >= 4 is 23.9 Å². The van der Waals surface area contributed by atoms with Gasteiger partial charge in [0.2, 0.25) is 0 Å². The van der Waals surface area contributed by atoms with Crippen molar-refractivity contribution in [3.05, 3.63) is 29.8 Å². The first-order valence-corrected chi connectivity index (χ1v) is 18.7. The first kappa shape index (κ1) is 47.7. The predicted octanol–water partition coefficient (Wildman–Crippen LogP) is -1.28. The quantitative estimate of drug-likeness (QED) is 0.0577. The van der Waals surface area contributed by atoms with Crippen molar-refractivity contribution in [3.8, 4) is 5.75 Å². The van der Waals surface area contributed by atoms with Crippen molar-refractivity contribution in [1.29, 1.82) is 0 Å². The molecule has 4 N–H and O–H groups in total. The van der Waals surface area contributed by atoms with Gasteiger partial charge in [-0.25, -0.2) is 0 Å². The Labute approximate surface area is 323 Å². The zero-order chi connectivity index (χ0) is 40.6. The second-order valence-electron chi connectivity index (χ2n) is 12.9. The zero-order valence-corrected chi connectivity index (χ0v) is 32.7. The van der Waals surface area contributed by atoms with Crippen molar-refractivity contribution in [1.82, 2.24) is 19.6 Å². The molecule has 0 bridgehead atoms. The van der Waals surface area contributed by atoms with Crippen LogP contribution in [0.25, 0.3) is 0 Å². The van der Waals surface area contributed by atoms with Crippen LogP contribution in [0.15, 0.2) is 24.3 Å². The molecule has 1 saturated heterocycles. The molecule has 1 aromatic rings. The molecular weight excluding hydrogens is 724 g/mol. The third kappa shape index (κ3) is 16.3. The van der Waals surface area contributed by atoms with Crippen LogP contribution in [0.2, 0.25) is 0 Å². The van der Waals surface area contributed by atoms with Gasteiger partial charge in [-0.05, 0) is 43.9 Å². The number of aliphatic carboxylic acids is 1.